The third-order valence-electron chi connectivity index (χ3n) is 8.57. The van der Waals surface area contributed by atoms with Gasteiger partial charge in [-0.2, -0.15) is 13.2 Å². The first kappa shape index (κ1) is 28.8. The summed E-state index contributed by atoms with van der Waals surface area (Å²) in [5, 5.41) is 10.1. The van der Waals surface area contributed by atoms with E-state index in [9.17, 15) is 22.8 Å². The molecule has 2 saturated heterocycles. The lowest BCUT2D eigenvalue weighted by Gasteiger charge is -2.37. The Morgan fingerprint density at radius 1 is 1.02 bits per heavy atom. The Kier molecular flexibility index (Phi) is 7.20. The van der Waals surface area contributed by atoms with E-state index in [-0.39, 0.29) is 17.2 Å². The molecule has 3 aromatic carbocycles. The number of halogens is 3. The summed E-state index contributed by atoms with van der Waals surface area (Å²) in [6.07, 6.45) is -1.53. The molecule has 10 heteroatoms. The zero-order valence-corrected chi connectivity index (χ0v) is 23.9. The Hall–Kier alpha value is -4.31. The summed E-state index contributed by atoms with van der Waals surface area (Å²) >= 11 is 0. The molecule has 0 bridgehead atoms. The van der Waals surface area contributed by atoms with E-state index in [1.54, 1.807) is 29.2 Å². The number of ether oxygens (including phenoxy) is 1. The lowest BCUT2D eigenvalue weighted by atomic mass is 9.91. The fraction of sp³-hybridized carbons (Fsp3) is 0.333. The summed E-state index contributed by atoms with van der Waals surface area (Å²) < 4.78 is 49.4. The maximum absolute atomic E-state index is 13.8. The minimum absolute atomic E-state index is 0.148. The lowest BCUT2D eigenvalue weighted by molar-refractivity contribution is -0.137. The smallest absolute Gasteiger partial charge is 0.417 e. The second-order valence-electron chi connectivity index (χ2n) is 11.7. The second kappa shape index (κ2) is 10.8. The number of anilines is 1. The number of rotatable bonds is 6. The zero-order chi connectivity index (χ0) is 30.5. The highest BCUT2D eigenvalue weighted by Gasteiger charge is 2.47. The highest BCUT2D eigenvalue weighted by molar-refractivity contribution is 5.92. The van der Waals surface area contributed by atoms with Crippen LogP contribution in [0.1, 0.15) is 54.2 Å². The van der Waals surface area contributed by atoms with Crippen molar-refractivity contribution in [3.05, 3.63) is 89.6 Å². The molecule has 4 aromatic rings. The first-order chi connectivity index (χ1) is 20.4. The minimum atomic E-state index is -4.46. The van der Waals surface area contributed by atoms with Gasteiger partial charge in [-0.05, 0) is 73.0 Å². The summed E-state index contributed by atoms with van der Waals surface area (Å²) in [6, 6.07) is 17.5. The van der Waals surface area contributed by atoms with E-state index in [2.05, 4.69) is 29.5 Å². The van der Waals surface area contributed by atoms with Gasteiger partial charge in [0, 0.05) is 61.3 Å². The van der Waals surface area contributed by atoms with Crippen molar-refractivity contribution in [1.29, 1.82) is 0 Å². The molecule has 0 unspecified atom stereocenters. The van der Waals surface area contributed by atoms with Gasteiger partial charge in [-0.15, -0.1) is 0 Å². The number of nitrogens with zero attached hydrogens (tertiary/aromatic N) is 3. The van der Waals surface area contributed by atoms with Gasteiger partial charge in [0.05, 0.1) is 17.7 Å². The quantitative estimate of drug-likeness (QED) is 0.250. The third kappa shape index (κ3) is 5.47. The van der Waals surface area contributed by atoms with Crippen molar-refractivity contribution >= 4 is 28.7 Å². The van der Waals surface area contributed by atoms with Gasteiger partial charge in [0.15, 0.2) is 0 Å². The van der Waals surface area contributed by atoms with Crippen LogP contribution in [0.2, 0.25) is 0 Å². The van der Waals surface area contributed by atoms with E-state index in [4.69, 9.17) is 9.84 Å². The number of carboxylic acid groups (broad SMARTS) is 1. The lowest BCUT2D eigenvalue weighted by Crippen LogP contribution is -2.46. The van der Waals surface area contributed by atoms with E-state index < -0.39 is 29.4 Å². The zero-order valence-electron chi connectivity index (χ0n) is 23.9. The Bertz CT molecular complexity index is 1690. The second-order valence-corrected chi connectivity index (χ2v) is 11.7. The number of hydrogen-bond donors (Lipinski definition) is 1. The van der Waals surface area contributed by atoms with E-state index in [0.29, 0.717) is 50.3 Å². The number of hydrogen-bond acceptors (Lipinski definition) is 4. The molecule has 0 atom stereocenters. The van der Waals surface area contributed by atoms with Crippen molar-refractivity contribution < 1.29 is 32.6 Å². The number of likely N-dealkylation sites (tertiary alicyclic amines) is 1. The summed E-state index contributed by atoms with van der Waals surface area (Å²) in [6.45, 7) is 6.53. The predicted molar refractivity (Wildman–Crippen MR) is 157 cm³/mol. The number of carboxylic acids is 1. The van der Waals surface area contributed by atoms with Crippen molar-refractivity contribution in [2.24, 2.45) is 0 Å². The Balaban J connectivity index is 1.21. The monoisotopic (exact) mass is 591 g/mol. The van der Waals surface area contributed by atoms with E-state index in [0.717, 1.165) is 22.5 Å². The highest BCUT2D eigenvalue weighted by atomic mass is 19.4. The maximum atomic E-state index is 13.8. The van der Waals surface area contributed by atoms with Gasteiger partial charge in [0.25, 0.3) is 0 Å². The van der Waals surface area contributed by atoms with Crippen LogP contribution in [0.3, 0.4) is 0 Å². The normalized spacial score (nSPS) is 17.3. The molecule has 0 saturated carbocycles. The van der Waals surface area contributed by atoms with Crippen LogP contribution >= 0.6 is 0 Å². The predicted octanol–water partition coefficient (Wildman–Crippen LogP) is 7.60. The number of amides is 1. The molecule has 1 aromatic heterocycles. The van der Waals surface area contributed by atoms with Crippen molar-refractivity contribution in [3.63, 3.8) is 0 Å². The molecule has 1 spiro atoms. The number of benzene rings is 3. The highest BCUT2D eigenvalue weighted by Crippen LogP contribution is 2.40. The molecular formula is C33H32F3N3O4. The molecule has 1 amide bonds. The van der Waals surface area contributed by atoms with Gasteiger partial charge in [0.1, 0.15) is 5.60 Å². The van der Waals surface area contributed by atoms with Gasteiger partial charge < -0.3 is 14.4 Å². The number of aromatic carboxylic acids is 1. The average molecular weight is 592 g/mol. The fourth-order valence-electron chi connectivity index (χ4n) is 6.25. The molecule has 6 rings (SSSR count). The van der Waals surface area contributed by atoms with Crippen LogP contribution in [0.15, 0.2) is 72.9 Å². The van der Waals surface area contributed by atoms with Gasteiger partial charge in [-0.3, -0.25) is 9.80 Å². The number of alkyl halides is 3. The van der Waals surface area contributed by atoms with Crippen molar-refractivity contribution in [3.8, 4) is 11.1 Å². The minimum Gasteiger partial charge on any atom is -0.478 e. The van der Waals surface area contributed by atoms with Gasteiger partial charge >= 0.3 is 18.2 Å². The summed E-state index contributed by atoms with van der Waals surface area (Å²) in [5.74, 6) is -1.03. The Labute approximate surface area is 247 Å². The van der Waals surface area contributed by atoms with Crippen LogP contribution in [0, 0.1) is 0 Å². The number of piperidine rings is 1. The SMILES string of the molecule is CC(C)n1cc(CN2CCC3(CC2)CN(c2ccc(C(=O)O)cc2)C(=O)O3)c2cc(-c3ccccc3C(F)(F)F)ccc21. The van der Waals surface area contributed by atoms with Crippen LogP contribution in [0.25, 0.3) is 22.0 Å². The fourth-order valence-corrected chi connectivity index (χ4v) is 6.25. The topological polar surface area (TPSA) is 75.0 Å². The number of carbonyl (C=O) groups excluding carboxylic acids is 1. The summed E-state index contributed by atoms with van der Waals surface area (Å²) in [5.41, 5.74) is 2.16. The molecular weight excluding hydrogens is 559 g/mol. The number of fused-ring (bicyclic) bond motifs is 1. The third-order valence-corrected chi connectivity index (χ3v) is 8.57. The Morgan fingerprint density at radius 2 is 1.72 bits per heavy atom. The Morgan fingerprint density at radius 3 is 2.37 bits per heavy atom. The standard InChI is InChI=1S/C33H32F3N3O4/c1-21(2)38-19-24(27-17-23(9-12-29(27)38)26-5-3-4-6-28(26)33(34,35)36)18-37-15-13-32(14-16-37)20-39(31(42)43-32)25-10-7-22(8-11-25)30(40)41/h3-12,17,19,21H,13-16,18,20H2,1-2H3,(H,40,41). The maximum Gasteiger partial charge on any atom is 0.417 e. The molecule has 43 heavy (non-hydrogen) atoms. The molecule has 224 valence electrons. The van der Waals surface area contributed by atoms with Gasteiger partial charge in [0.2, 0.25) is 0 Å². The molecule has 2 aliphatic heterocycles. The average Bonchev–Trinajstić information content (AvgIpc) is 3.50. The molecule has 2 fully saturated rings. The van der Waals surface area contributed by atoms with Crippen LogP contribution in [-0.2, 0) is 17.5 Å². The number of aromatic nitrogens is 1. The molecule has 1 N–H and O–H groups in total. The van der Waals surface area contributed by atoms with Crippen molar-refractivity contribution in [2.75, 3.05) is 24.5 Å². The van der Waals surface area contributed by atoms with Crippen LogP contribution in [-0.4, -0.2) is 51.9 Å². The summed E-state index contributed by atoms with van der Waals surface area (Å²) in [4.78, 5) is 27.8. The molecule has 2 aliphatic rings. The van der Waals surface area contributed by atoms with Crippen LogP contribution in [0.5, 0.6) is 0 Å². The van der Waals surface area contributed by atoms with Gasteiger partial charge in [-0.1, -0.05) is 24.3 Å². The van der Waals surface area contributed by atoms with Crippen molar-refractivity contribution in [1.82, 2.24) is 9.47 Å². The van der Waals surface area contributed by atoms with E-state index >= 15 is 0 Å². The van der Waals surface area contributed by atoms with Crippen molar-refractivity contribution in [2.45, 2.75) is 51.1 Å². The molecule has 7 nitrogen and oxygen atoms in total. The molecule has 3 heterocycles. The van der Waals surface area contributed by atoms with E-state index in [1.165, 1.54) is 24.3 Å². The number of carbonyl (C=O) groups is 2. The van der Waals surface area contributed by atoms with Gasteiger partial charge in [-0.25, -0.2) is 9.59 Å². The summed E-state index contributed by atoms with van der Waals surface area (Å²) in [7, 11) is 0. The van der Waals surface area contributed by atoms with Crippen LogP contribution < -0.4 is 4.90 Å². The first-order valence-corrected chi connectivity index (χ1v) is 14.3. The van der Waals surface area contributed by atoms with Crippen LogP contribution in [0.4, 0.5) is 23.7 Å². The molecule has 0 radical (unpaired) electrons. The first-order valence-electron chi connectivity index (χ1n) is 14.3. The largest absolute Gasteiger partial charge is 0.478 e. The molecule has 0 aliphatic carbocycles. The van der Waals surface area contributed by atoms with E-state index in [1.807, 2.05) is 12.1 Å².